The van der Waals surface area contributed by atoms with Crippen molar-refractivity contribution >= 4 is 5.69 Å². The molecule has 2 unspecified atom stereocenters. The molecule has 0 spiro atoms. The van der Waals surface area contributed by atoms with Crippen molar-refractivity contribution in [2.24, 2.45) is 5.41 Å². The second kappa shape index (κ2) is 5.95. The van der Waals surface area contributed by atoms with Crippen LogP contribution in [0.4, 0.5) is 14.5 Å². The highest BCUT2D eigenvalue weighted by Crippen LogP contribution is 2.44. The van der Waals surface area contributed by atoms with Crippen LogP contribution in [0.25, 0.3) is 0 Å². The fourth-order valence-corrected chi connectivity index (χ4v) is 2.58. The van der Waals surface area contributed by atoms with E-state index in [0.717, 1.165) is 12.1 Å². The van der Waals surface area contributed by atoms with E-state index in [1.54, 1.807) is 12.1 Å². The molecule has 2 rings (SSSR count). The first-order chi connectivity index (χ1) is 9.43. The molecule has 1 N–H and O–H groups in total. The van der Waals surface area contributed by atoms with Gasteiger partial charge in [0.05, 0.1) is 6.10 Å². The summed E-state index contributed by atoms with van der Waals surface area (Å²) in [5.41, 5.74) is 0.812. The minimum absolute atomic E-state index is 0.0234. The molecule has 112 valence electrons. The van der Waals surface area contributed by atoms with E-state index in [9.17, 15) is 8.78 Å². The Kier molecular flexibility index (Phi) is 4.48. The molecule has 1 aliphatic rings. The van der Waals surface area contributed by atoms with Crippen LogP contribution in [0.2, 0.25) is 0 Å². The summed E-state index contributed by atoms with van der Waals surface area (Å²) in [5.74, 6) is 0.170. The lowest BCUT2D eigenvalue weighted by atomic mass is 9.64. The Morgan fingerprint density at radius 3 is 2.75 bits per heavy atom. The summed E-state index contributed by atoms with van der Waals surface area (Å²) in [4.78, 5) is 0. The normalized spacial score (nSPS) is 24.3. The first-order valence-corrected chi connectivity index (χ1v) is 6.86. The van der Waals surface area contributed by atoms with E-state index in [-0.39, 0.29) is 23.3 Å². The summed E-state index contributed by atoms with van der Waals surface area (Å²) in [6.45, 7) is 4.19. The average Bonchev–Trinajstić information content (AvgIpc) is 2.37. The van der Waals surface area contributed by atoms with E-state index in [2.05, 4.69) is 23.9 Å². The van der Waals surface area contributed by atoms with E-state index >= 15 is 0 Å². The van der Waals surface area contributed by atoms with Crippen LogP contribution >= 0.6 is 0 Å². The van der Waals surface area contributed by atoms with Gasteiger partial charge in [0.15, 0.2) is 0 Å². The number of alkyl halides is 2. The zero-order valence-corrected chi connectivity index (χ0v) is 12.0. The van der Waals surface area contributed by atoms with E-state index in [0.29, 0.717) is 6.61 Å². The van der Waals surface area contributed by atoms with Crippen LogP contribution in [0.5, 0.6) is 5.75 Å². The Hall–Kier alpha value is -1.36. The standard InChI is InChI=1S/C15H21F2NO2/c1-4-19-13-9-12(15(13,2)3)18-10-6-5-7-11(8-10)20-14(16)17/h5-8,12-14,18H,4,9H2,1-3H3. The van der Waals surface area contributed by atoms with Crippen LogP contribution in [0, 0.1) is 5.41 Å². The smallest absolute Gasteiger partial charge is 0.387 e. The number of nitrogens with one attached hydrogen (secondary N) is 1. The summed E-state index contributed by atoms with van der Waals surface area (Å²) in [6.07, 6.45) is 1.16. The van der Waals surface area contributed by atoms with Crippen LogP contribution in [-0.2, 0) is 4.74 Å². The van der Waals surface area contributed by atoms with Crippen molar-refractivity contribution in [2.45, 2.75) is 45.9 Å². The molecule has 3 nitrogen and oxygen atoms in total. The van der Waals surface area contributed by atoms with Crippen molar-refractivity contribution in [3.63, 3.8) is 0 Å². The van der Waals surface area contributed by atoms with Crippen molar-refractivity contribution in [2.75, 3.05) is 11.9 Å². The van der Waals surface area contributed by atoms with Gasteiger partial charge >= 0.3 is 6.61 Å². The molecule has 0 aliphatic heterocycles. The highest BCUT2D eigenvalue weighted by atomic mass is 19.3. The van der Waals surface area contributed by atoms with Crippen LogP contribution in [0.3, 0.4) is 0 Å². The van der Waals surface area contributed by atoms with Crippen molar-refractivity contribution in [1.82, 2.24) is 0 Å². The molecule has 0 aromatic heterocycles. The fraction of sp³-hybridized carbons (Fsp3) is 0.600. The Morgan fingerprint density at radius 1 is 1.40 bits per heavy atom. The second-order valence-corrected chi connectivity index (χ2v) is 5.60. The lowest BCUT2D eigenvalue weighted by molar-refractivity contribution is -0.0976. The summed E-state index contributed by atoms with van der Waals surface area (Å²) in [5, 5.41) is 3.37. The minimum Gasteiger partial charge on any atom is -0.435 e. The van der Waals surface area contributed by atoms with Gasteiger partial charge in [0.2, 0.25) is 0 Å². The van der Waals surface area contributed by atoms with E-state index < -0.39 is 6.61 Å². The summed E-state index contributed by atoms with van der Waals surface area (Å²) >= 11 is 0. The van der Waals surface area contributed by atoms with Crippen LogP contribution in [-0.4, -0.2) is 25.4 Å². The number of hydrogen-bond acceptors (Lipinski definition) is 3. The SMILES string of the molecule is CCOC1CC(Nc2cccc(OC(F)F)c2)C1(C)C. The maximum absolute atomic E-state index is 12.2. The zero-order valence-electron chi connectivity index (χ0n) is 12.0. The van der Waals surface area contributed by atoms with Gasteiger partial charge in [-0.05, 0) is 25.5 Å². The Bertz CT molecular complexity index is 451. The molecule has 2 atom stereocenters. The van der Waals surface area contributed by atoms with Crippen LogP contribution in [0.1, 0.15) is 27.2 Å². The summed E-state index contributed by atoms with van der Waals surface area (Å²) in [6, 6.07) is 6.93. The predicted octanol–water partition coefficient (Wildman–Crippen LogP) is 3.90. The quantitative estimate of drug-likeness (QED) is 0.859. The van der Waals surface area contributed by atoms with Gasteiger partial charge in [-0.1, -0.05) is 19.9 Å². The molecular weight excluding hydrogens is 264 g/mol. The fourth-order valence-electron chi connectivity index (χ4n) is 2.58. The number of ether oxygens (including phenoxy) is 2. The number of rotatable bonds is 6. The molecule has 20 heavy (non-hydrogen) atoms. The number of halogens is 2. The molecule has 1 fully saturated rings. The highest BCUT2D eigenvalue weighted by Gasteiger charge is 2.48. The molecule has 0 radical (unpaired) electrons. The molecule has 0 amide bonds. The maximum Gasteiger partial charge on any atom is 0.387 e. The molecule has 1 aromatic rings. The Labute approximate surface area is 118 Å². The average molecular weight is 285 g/mol. The minimum atomic E-state index is -2.80. The monoisotopic (exact) mass is 285 g/mol. The van der Waals surface area contributed by atoms with Crippen molar-refractivity contribution in [1.29, 1.82) is 0 Å². The third-order valence-electron chi connectivity index (χ3n) is 3.95. The van der Waals surface area contributed by atoms with Crippen molar-refractivity contribution in [3.05, 3.63) is 24.3 Å². The molecule has 0 saturated heterocycles. The van der Waals surface area contributed by atoms with Gasteiger partial charge < -0.3 is 14.8 Å². The summed E-state index contributed by atoms with van der Waals surface area (Å²) < 4.78 is 34.5. The van der Waals surface area contributed by atoms with Gasteiger partial charge in [-0.2, -0.15) is 8.78 Å². The molecular formula is C15H21F2NO2. The molecule has 1 aromatic carbocycles. The predicted molar refractivity (Wildman–Crippen MR) is 74.3 cm³/mol. The van der Waals surface area contributed by atoms with Gasteiger partial charge in [-0.25, -0.2) is 0 Å². The Balaban J connectivity index is 1.97. The topological polar surface area (TPSA) is 30.5 Å². The lowest BCUT2D eigenvalue weighted by Crippen LogP contribution is -2.58. The van der Waals surface area contributed by atoms with E-state index in [4.69, 9.17) is 4.74 Å². The van der Waals surface area contributed by atoms with Gasteiger partial charge in [-0.3, -0.25) is 0 Å². The highest BCUT2D eigenvalue weighted by molar-refractivity contribution is 5.49. The zero-order chi connectivity index (χ0) is 14.8. The molecule has 5 heteroatoms. The third-order valence-corrected chi connectivity index (χ3v) is 3.95. The first-order valence-electron chi connectivity index (χ1n) is 6.86. The second-order valence-electron chi connectivity index (χ2n) is 5.60. The molecule has 1 aliphatic carbocycles. The maximum atomic E-state index is 12.2. The van der Waals surface area contributed by atoms with Gasteiger partial charge in [-0.15, -0.1) is 0 Å². The van der Waals surface area contributed by atoms with Gasteiger partial charge in [0.1, 0.15) is 5.75 Å². The van der Waals surface area contributed by atoms with Gasteiger partial charge in [0, 0.05) is 29.8 Å². The molecule has 1 saturated carbocycles. The summed E-state index contributed by atoms with van der Waals surface area (Å²) in [7, 11) is 0. The van der Waals surface area contributed by atoms with E-state index in [1.165, 1.54) is 6.07 Å². The Morgan fingerprint density at radius 2 is 2.15 bits per heavy atom. The van der Waals surface area contributed by atoms with Crippen LogP contribution < -0.4 is 10.1 Å². The largest absolute Gasteiger partial charge is 0.435 e. The molecule has 0 heterocycles. The first kappa shape index (κ1) is 15.0. The van der Waals surface area contributed by atoms with Crippen molar-refractivity contribution < 1.29 is 18.3 Å². The number of anilines is 1. The number of hydrogen-bond donors (Lipinski definition) is 1. The van der Waals surface area contributed by atoms with Crippen molar-refractivity contribution in [3.8, 4) is 5.75 Å². The van der Waals surface area contributed by atoms with Gasteiger partial charge in [0.25, 0.3) is 0 Å². The molecule has 0 bridgehead atoms. The lowest BCUT2D eigenvalue weighted by Gasteiger charge is -2.52. The van der Waals surface area contributed by atoms with E-state index in [1.807, 2.05) is 13.0 Å². The van der Waals surface area contributed by atoms with Crippen LogP contribution in [0.15, 0.2) is 24.3 Å². The third kappa shape index (κ3) is 3.20. The number of benzene rings is 1.